The van der Waals surface area contributed by atoms with E-state index in [1.807, 2.05) is 30.5 Å². The SMILES string of the molecule is CCCCCCCCOC(CN1CCN(c2ccccn2)CC1)CN1C(=O)[C@H]2CC=CC[C@H]2C1=O. The third-order valence-corrected chi connectivity index (χ3v) is 7.64. The molecule has 3 aliphatic rings. The van der Waals surface area contributed by atoms with Gasteiger partial charge >= 0.3 is 0 Å². The van der Waals surface area contributed by atoms with Crippen molar-refractivity contribution in [3.8, 4) is 0 Å². The zero-order chi connectivity index (χ0) is 24.5. The summed E-state index contributed by atoms with van der Waals surface area (Å²) in [5.41, 5.74) is 0. The number of carbonyl (C=O) groups excluding carboxylic acids is 2. The summed E-state index contributed by atoms with van der Waals surface area (Å²) >= 11 is 0. The van der Waals surface area contributed by atoms with Gasteiger partial charge in [-0.05, 0) is 31.4 Å². The summed E-state index contributed by atoms with van der Waals surface area (Å²) in [6.45, 7) is 7.72. The fraction of sp³-hybridized carbons (Fsp3) is 0.679. The van der Waals surface area contributed by atoms with Crippen molar-refractivity contribution in [1.29, 1.82) is 0 Å². The Morgan fingerprint density at radius 3 is 2.26 bits per heavy atom. The summed E-state index contributed by atoms with van der Waals surface area (Å²) in [4.78, 5) is 36.8. The van der Waals surface area contributed by atoms with Crippen LogP contribution in [0.2, 0.25) is 0 Å². The van der Waals surface area contributed by atoms with Crippen molar-refractivity contribution < 1.29 is 14.3 Å². The molecule has 1 aromatic heterocycles. The van der Waals surface area contributed by atoms with E-state index in [0.717, 1.165) is 45.0 Å². The number of nitrogens with zero attached hydrogens (tertiary/aromatic N) is 4. The maximum Gasteiger partial charge on any atom is 0.233 e. The average molecular weight is 483 g/mol. The molecule has 2 amide bonds. The van der Waals surface area contributed by atoms with Gasteiger partial charge in [-0.2, -0.15) is 0 Å². The van der Waals surface area contributed by atoms with Crippen molar-refractivity contribution in [2.24, 2.45) is 11.8 Å². The van der Waals surface area contributed by atoms with Gasteiger partial charge in [0.25, 0.3) is 0 Å². The van der Waals surface area contributed by atoms with Gasteiger partial charge < -0.3 is 9.64 Å². The molecular weight excluding hydrogens is 440 g/mol. The van der Waals surface area contributed by atoms with Crippen LogP contribution in [0.1, 0.15) is 58.3 Å². The molecule has 7 nitrogen and oxygen atoms in total. The third kappa shape index (κ3) is 6.91. The van der Waals surface area contributed by atoms with Gasteiger partial charge in [-0.3, -0.25) is 19.4 Å². The van der Waals surface area contributed by atoms with Gasteiger partial charge in [-0.15, -0.1) is 0 Å². The Labute approximate surface area is 210 Å². The van der Waals surface area contributed by atoms with Gasteiger partial charge in [0, 0.05) is 45.5 Å². The van der Waals surface area contributed by atoms with Crippen molar-refractivity contribution in [3.05, 3.63) is 36.5 Å². The summed E-state index contributed by atoms with van der Waals surface area (Å²) in [5.74, 6) is 0.671. The monoisotopic (exact) mass is 482 g/mol. The molecule has 0 N–H and O–H groups in total. The molecule has 1 aliphatic carbocycles. The number of ether oxygens (including phenoxy) is 1. The van der Waals surface area contributed by atoms with E-state index in [1.165, 1.54) is 37.0 Å². The number of unbranched alkanes of at least 4 members (excludes halogenated alkanes) is 5. The van der Waals surface area contributed by atoms with Crippen molar-refractivity contribution in [3.63, 3.8) is 0 Å². The number of fused-ring (bicyclic) bond motifs is 1. The predicted octanol–water partition coefficient (Wildman–Crippen LogP) is 3.90. The van der Waals surface area contributed by atoms with E-state index in [4.69, 9.17) is 4.74 Å². The molecule has 7 heteroatoms. The third-order valence-electron chi connectivity index (χ3n) is 7.64. The lowest BCUT2D eigenvalue weighted by Gasteiger charge is -2.37. The molecule has 1 aromatic rings. The Morgan fingerprint density at radius 1 is 0.914 bits per heavy atom. The summed E-state index contributed by atoms with van der Waals surface area (Å²) in [6, 6.07) is 6.03. The number of pyridine rings is 1. The Kier molecular flexibility index (Phi) is 9.72. The molecule has 0 spiro atoms. The maximum absolute atomic E-state index is 13.0. The number of carbonyl (C=O) groups is 2. The number of allylic oxidation sites excluding steroid dienone is 2. The number of anilines is 1. The van der Waals surface area contributed by atoms with Gasteiger partial charge in [-0.1, -0.05) is 57.2 Å². The molecule has 0 aromatic carbocycles. The highest BCUT2D eigenvalue weighted by atomic mass is 16.5. The molecule has 1 unspecified atom stereocenters. The topological polar surface area (TPSA) is 66.0 Å². The number of piperazine rings is 1. The quantitative estimate of drug-likeness (QED) is 0.241. The minimum Gasteiger partial charge on any atom is -0.375 e. The van der Waals surface area contributed by atoms with E-state index in [2.05, 4.69) is 27.8 Å². The Bertz CT molecular complexity index is 812. The molecule has 2 fully saturated rings. The second-order valence-corrected chi connectivity index (χ2v) is 10.2. The number of amides is 2. The first kappa shape index (κ1) is 25.8. The lowest BCUT2D eigenvalue weighted by atomic mass is 9.85. The fourth-order valence-electron chi connectivity index (χ4n) is 5.54. The van der Waals surface area contributed by atoms with Crippen molar-refractivity contribution in [2.75, 3.05) is 50.8 Å². The molecule has 4 rings (SSSR count). The smallest absolute Gasteiger partial charge is 0.233 e. The zero-order valence-electron chi connectivity index (χ0n) is 21.3. The molecule has 0 bridgehead atoms. The minimum absolute atomic E-state index is 0.00233. The van der Waals surface area contributed by atoms with Crippen LogP contribution in [0.15, 0.2) is 36.5 Å². The standard InChI is InChI=1S/C28H42N4O3/c1-2-3-4-5-6-11-20-35-23(22-32-27(33)24-12-7-8-13-25(24)28(32)34)21-30-16-18-31(19-17-30)26-14-9-10-15-29-26/h7-10,14-15,23-25H,2-6,11-13,16-22H2,1H3/t23?,24-,25+. The summed E-state index contributed by atoms with van der Waals surface area (Å²) in [7, 11) is 0. The van der Waals surface area contributed by atoms with Gasteiger partial charge in [-0.25, -0.2) is 4.98 Å². The first-order valence-electron chi connectivity index (χ1n) is 13.7. The predicted molar refractivity (Wildman–Crippen MR) is 138 cm³/mol. The van der Waals surface area contributed by atoms with Gasteiger partial charge in [0.15, 0.2) is 0 Å². The van der Waals surface area contributed by atoms with Crippen LogP contribution in [0.3, 0.4) is 0 Å². The molecule has 0 radical (unpaired) electrons. The molecular formula is C28H42N4O3. The second-order valence-electron chi connectivity index (χ2n) is 10.2. The lowest BCUT2D eigenvalue weighted by molar-refractivity contribution is -0.142. The van der Waals surface area contributed by atoms with Crippen molar-refractivity contribution >= 4 is 17.6 Å². The van der Waals surface area contributed by atoms with Crippen LogP contribution in [-0.2, 0) is 14.3 Å². The van der Waals surface area contributed by atoms with Crippen LogP contribution in [0.25, 0.3) is 0 Å². The molecule has 3 atom stereocenters. The minimum atomic E-state index is -0.173. The number of imide groups is 1. The number of hydrogen-bond acceptors (Lipinski definition) is 6. The van der Waals surface area contributed by atoms with E-state index in [0.29, 0.717) is 26.0 Å². The highest BCUT2D eigenvalue weighted by molar-refractivity contribution is 6.05. The van der Waals surface area contributed by atoms with E-state index >= 15 is 0 Å². The number of likely N-dealkylation sites (tertiary alicyclic amines) is 1. The van der Waals surface area contributed by atoms with Crippen LogP contribution < -0.4 is 4.90 Å². The van der Waals surface area contributed by atoms with E-state index in [9.17, 15) is 9.59 Å². The van der Waals surface area contributed by atoms with Crippen LogP contribution in [-0.4, -0.2) is 78.6 Å². The van der Waals surface area contributed by atoms with Gasteiger partial charge in [0.1, 0.15) is 5.82 Å². The van der Waals surface area contributed by atoms with Crippen molar-refractivity contribution in [1.82, 2.24) is 14.8 Å². The van der Waals surface area contributed by atoms with Gasteiger partial charge in [0.2, 0.25) is 11.8 Å². The molecule has 2 aliphatic heterocycles. The Morgan fingerprint density at radius 2 is 1.60 bits per heavy atom. The van der Waals surface area contributed by atoms with Crippen LogP contribution in [0, 0.1) is 11.8 Å². The summed E-state index contributed by atoms with van der Waals surface area (Å²) < 4.78 is 6.35. The lowest BCUT2D eigenvalue weighted by Crippen LogP contribution is -2.51. The van der Waals surface area contributed by atoms with E-state index in [-0.39, 0.29) is 29.8 Å². The normalized spacial score (nSPS) is 23.7. The molecule has 35 heavy (non-hydrogen) atoms. The summed E-state index contributed by atoms with van der Waals surface area (Å²) in [5, 5.41) is 0. The van der Waals surface area contributed by atoms with E-state index in [1.54, 1.807) is 0 Å². The maximum atomic E-state index is 13.0. The van der Waals surface area contributed by atoms with Gasteiger partial charge in [0.05, 0.1) is 24.5 Å². The highest BCUT2D eigenvalue weighted by Crippen LogP contribution is 2.35. The van der Waals surface area contributed by atoms with Crippen LogP contribution in [0.5, 0.6) is 0 Å². The van der Waals surface area contributed by atoms with Crippen LogP contribution >= 0.6 is 0 Å². The summed E-state index contributed by atoms with van der Waals surface area (Å²) in [6.07, 6.45) is 14.4. The first-order valence-corrected chi connectivity index (χ1v) is 13.7. The fourth-order valence-corrected chi connectivity index (χ4v) is 5.54. The molecule has 0 saturated carbocycles. The average Bonchev–Trinajstić information content (AvgIpc) is 3.14. The number of rotatable bonds is 13. The zero-order valence-corrected chi connectivity index (χ0v) is 21.3. The van der Waals surface area contributed by atoms with Crippen LogP contribution in [0.4, 0.5) is 5.82 Å². The number of aromatic nitrogens is 1. The molecule has 192 valence electrons. The largest absolute Gasteiger partial charge is 0.375 e. The molecule has 3 heterocycles. The Balaban J connectivity index is 1.31. The second kappa shape index (κ2) is 13.2. The van der Waals surface area contributed by atoms with Crippen molar-refractivity contribution in [2.45, 2.75) is 64.4 Å². The molecule has 2 saturated heterocycles. The Hall–Kier alpha value is -2.25. The highest BCUT2D eigenvalue weighted by Gasteiger charge is 2.47. The number of hydrogen-bond donors (Lipinski definition) is 0. The van der Waals surface area contributed by atoms with E-state index < -0.39 is 0 Å². The first-order chi connectivity index (χ1) is 17.2.